The minimum Gasteiger partial charge on any atom is -0.391 e. The van der Waals surface area contributed by atoms with Crippen LogP contribution in [0, 0.1) is 19.8 Å². The molecule has 0 saturated carbocycles. The van der Waals surface area contributed by atoms with Gasteiger partial charge in [0.1, 0.15) is 24.0 Å². The second kappa shape index (κ2) is 14.5. The maximum absolute atomic E-state index is 13.4. The number of hydrogen-bond acceptors (Lipinski definition) is 7. The second-order valence-corrected chi connectivity index (χ2v) is 9.22. The van der Waals surface area contributed by atoms with Crippen LogP contribution >= 0.6 is 0 Å². The number of nitrogens with one attached hydrogen (secondary N) is 1. The van der Waals surface area contributed by atoms with Crippen molar-refractivity contribution in [3.05, 3.63) is 59.3 Å². The van der Waals surface area contributed by atoms with Gasteiger partial charge in [0.2, 0.25) is 11.8 Å². The Balaban J connectivity index is 0.00000121. The van der Waals surface area contributed by atoms with Crippen LogP contribution in [0.3, 0.4) is 0 Å². The zero-order chi connectivity index (χ0) is 28.4. The van der Waals surface area contributed by atoms with Crippen LogP contribution in [0.4, 0.5) is 0 Å². The molecule has 3 heterocycles. The van der Waals surface area contributed by atoms with Gasteiger partial charge in [-0.25, -0.2) is 0 Å². The van der Waals surface area contributed by atoms with E-state index in [4.69, 9.17) is 9.05 Å². The summed E-state index contributed by atoms with van der Waals surface area (Å²) in [7, 11) is 0. The number of aryl methyl sites for hydroxylation is 2. The number of aliphatic hydroxyl groups excluding tert-OH is 1. The van der Waals surface area contributed by atoms with E-state index in [9.17, 15) is 14.7 Å². The third-order valence-electron chi connectivity index (χ3n) is 6.23. The average molecular weight is 527 g/mol. The second-order valence-electron chi connectivity index (χ2n) is 9.22. The molecule has 2 N–H and O–H groups in total. The minimum atomic E-state index is -0.755. The van der Waals surface area contributed by atoms with Crippen molar-refractivity contribution in [2.75, 3.05) is 6.54 Å². The van der Waals surface area contributed by atoms with Crippen molar-refractivity contribution in [3.8, 4) is 11.1 Å². The molecule has 1 aliphatic rings. The average Bonchev–Trinajstić information content (AvgIpc) is 3.65. The van der Waals surface area contributed by atoms with E-state index in [0.717, 1.165) is 22.4 Å². The van der Waals surface area contributed by atoms with Crippen molar-refractivity contribution >= 4 is 11.8 Å². The lowest BCUT2D eigenvalue weighted by Crippen LogP contribution is -2.48. The summed E-state index contributed by atoms with van der Waals surface area (Å²) >= 11 is 0. The van der Waals surface area contributed by atoms with Crippen LogP contribution in [0.5, 0.6) is 0 Å². The summed E-state index contributed by atoms with van der Waals surface area (Å²) in [4.78, 5) is 28.0. The molecule has 1 fully saturated rings. The van der Waals surface area contributed by atoms with Crippen LogP contribution < -0.4 is 5.32 Å². The van der Waals surface area contributed by atoms with E-state index < -0.39 is 18.1 Å². The summed E-state index contributed by atoms with van der Waals surface area (Å²) < 4.78 is 10.4. The number of aromatic nitrogens is 2. The Morgan fingerprint density at radius 3 is 2.29 bits per heavy atom. The van der Waals surface area contributed by atoms with Crippen molar-refractivity contribution in [3.63, 3.8) is 0 Å². The van der Waals surface area contributed by atoms with Crippen LogP contribution in [0.25, 0.3) is 11.1 Å². The van der Waals surface area contributed by atoms with Gasteiger partial charge in [0.15, 0.2) is 0 Å². The Bertz CT molecular complexity index is 1150. The molecule has 0 spiro atoms. The van der Waals surface area contributed by atoms with Crippen molar-refractivity contribution in [2.24, 2.45) is 5.92 Å². The van der Waals surface area contributed by atoms with Gasteiger partial charge in [0, 0.05) is 31.1 Å². The Morgan fingerprint density at radius 2 is 1.76 bits per heavy atom. The van der Waals surface area contributed by atoms with Crippen LogP contribution in [0.15, 0.2) is 45.6 Å². The SMILES string of the molecule is CC.CC.Cc1cc(C(C(=O)N2CC(O)CC2C(=O)NCc2ccc(-c3conc3C)cc2)C(C)C)on1. The summed E-state index contributed by atoms with van der Waals surface area (Å²) in [5.74, 6) is -0.693. The number of amides is 2. The smallest absolute Gasteiger partial charge is 0.243 e. The number of nitrogens with zero attached hydrogens (tertiary/aromatic N) is 3. The summed E-state index contributed by atoms with van der Waals surface area (Å²) in [5, 5.41) is 21.0. The normalized spacial score (nSPS) is 17.3. The number of carbonyl (C=O) groups excluding carboxylic acids is 2. The molecule has 1 aromatic carbocycles. The molecule has 0 aliphatic carbocycles. The van der Waals surface area contributed by atoms with Gasteiger partial charge in [0.05, 0.1) is 17.5 Å². The Kier molecular flexibility index (Phi) is 11.7. The lowest BCUT2D eigenvalue weighted by molar-refractivity contribution is -0.141. The van der Waals surface area contributed by atoms with Crippen LogP contribution in [-0.4, -0.2) is 50.8 Å². The first-order valence-corrected chi connectivity index (χ1v) is 13.4. The highest BCUT2D eigenvalue weighted by molar-refractivity contribution is 5.91. The number of β-amino-alcohol motifs (C(OH)–C–C–N with tert-alkyl or cyclic N) is 1. The molecule has 2 aromatic heterocycles. The van der Waals surface area contributed by atoms with Crippen molar-refractivity contribution in [2.45, 2.75) is 86.4 Å². The van der Waals surface area contributed by atoms with Crippen LogP contribution in [0.1, 0.15) is 76.6 Å². The minimum absolute atomic E-state index is 0.0612. The standard InChI is InChI=1S/C25H30N4O5.2C2H6/c1-14(2)23(22-9-15(3)27-34-22)25(32)29-12-19(30)10-21(29)24(31)26-11-17-5-7-18(8-6-17)20-13-33-28-16(20)4;2*1-2/h5-9,13-14,19,21,23,30H,10-12H2,1-4H3,(H,26,31);2*1-2H3. The van der Waals surface area contributed by atoms with Gasteiger partial charge in [-0.2, -0.15) is 0 Å². The molecule has 0 radical (unpaired) electrons. The molecule has 9 nitrogen and oxygen atoms in total. The van der Waals surface area contributed by atoms with Gasteiger partial charge in [-0.1, -0.05) is 76.1 Å². The number of likely N-dealkylation sites (tertiary alicyclic amines) is 1. The molecule has 208 valence electrons. The molecule has 1 aliphatic heterocycles. The Labute approximate surface area is 225 Å². The van der Waals surface area contributed by atoms with Gasteiger partial charge >= 0.3 is 0 Å². The molecular formula is C29H42N4O5. The molecule has 3 unspecified atom stereocenters. The van der Waals surface area contributed by atoms with Crippen molar-refractivity contribution in [1.82, 2.24) is 20.5 Å². The molecule has 3 atom stereocenters. The van der Waals surface area contributed by atoms with E-state index >= 15 is 0 Å². The quantitative estimate of drug-likeness (QED) is 0.443. The third kappa shape index (κ3) is 7.31. The Morgan fingerprint density at radius 1 is 1.11 bits per heavy atom. The summed E-state index contributed by atoms with van der Waals surface area (Å²) in [5.41, 5.74) is 4.32. The summed E-state index contributed by atoms with van der Waals surface area (Å²) in [6.45, 7) is 15.9. The van der Waals surface area contributed by atoms with Crippen molar-refractivity contribution in [1.29, 1.82) is 0 Å². The van der Waals surface area contributed by atoms with Crippen LogP contribution in [-0.2, 0) is 16.1 Å². The van der Waals surface area contributed by atoms with E-state index in [2.05, 4.69) is 15.6 Å². The van der Waals surface area contributed by atoms with Crippen molar-refractivity contribution < 1.29 is 23.7 Å². The molecular weight excluding hydrogens is 484 g/mol. The highest BCUT2D eigenvalue weighted by atomic mass is 16.5. The molecule has 3 aromatic rings. The fourth-order valence-corrected chi connectivity index (χ4v) is 4.43. The number of benzene rings is 1. The predicted molar refractivity (Wildman–Crippen MR) is 146 cm³/mol. The topological polar surface area (TPSA) is 122 Å². The largest absolute Gasteiger partial charge is 0.391 e. The highest BCUT2D eigenvalue weighted by Gasteiger charge is 2.43. The maximum Gasteiger partial charge on any atom is 0.243 e. The molecule has 4 rings (SSSR count). The van der Waals surface area contributed by atoms with Gasteiger partial charge in [-0.05, 0) is 30.9 Å². The first kappa shape index (κ1) is 30.8. The zero-order valence-electron chi connectivity index (χ0n) is 23.8. The predicted octanol–water partition coefficient (Wildman–Crippen LogP) is 5.02. The highest BCUT2D eigenvalue weighted by Crippen LogP contribution is 2.31. The molecule has 2 amide bonds. The molecule has 1 saturated heterocycles. The summed E-state index contributed by atoms with van der Waals surface area (Å²) in [6, 6.07) is 8.75. The Hall–Kier alpha value is -3.46. The molecule has 0 bridgehead atoms. The van der Waals surface area contributed by atoms with E-state index in [1.807, 2.05) is 72.7 Å². The first-order valence-electron chi connectivity index (χ1n) is 13.4. The van der Waals surface area contributed by atoms with Crippen LogP contribution in [0.2, 0.25) is 0 Å². The fourth-order valence-electron chi connectivity index (χ4n) is 4.43. The van der Waals surface area contributed by atoms with Gasteiger partial charge in [0.25, 0.3) is 0 Å². The van der Waals surface area contributed by atoms with Gasteiger partial charge in [-0.3, -0.25) is 9.59 Å². The lowest BCUT2D eigenvalue weighted by Gasteiger charge is -2.28. The molecule has 38 heavy (non-hydrogen) atoms. The van der Waals surface area contributed by atoms with Gasteiger partial charge < -0.3 is 24.4 Å². The molecule has 9 heteroatoms. The number of rotatable bonds is 7. The van der Waals surface area contributed by atoms with E-state index in [1.165, 1.54) is 4.90 Å². The van der Waals surface area contributed by atoms with E-state index in [0.29, 0.717) is 18.0 Å². The number of carbonyl (C=O) groups is 2. The van der Waals surface area contributed by atoms with Gasteiger partial charge in [-0.15, -0.1) is 0 Å². The summed E-state index contributed by atoms with van der Waals surface area (Å²) in [6.07, 6.45) is 1.05. The lowest BCUT2D eigenvalue weighted by atomic mass is 9.91. The fraction of sp³-hybridized carbons (Fsp3) is 0.517. The monoisotopic (exact) mass is 526 g/mol. The third-order valence-corrected chi connectivity index (χ3v) is 6.23. The van der Waals surface area contributed by atoms with E-state index in [1.54, 1.807) is 19.3 Å². The maximum atomic E-state index is 13.4. The number of aliphatic hydroxyl groups is 1. The number of hydrogen-bond donors (Lipinski definition) is 2. The van der Waals surface area contributed by atoms with E-state index in [-0.39, 0.29) is 30.7 Å². The first-order chi connectivity index (χ1) is 18.2. The zero-order valence-corrected chi connectivity index (χ0v) is 23.8.